The molecule has 1 aliphatic rings. The third-order valence-electron chi connectivity index (χ3n) is 4.17. The van der Waals surface area contributed by atoms with Crippen LogP contribution in [0.1, 0.15) is 58.1 Å². The Bertz CT molecular complexity index is 385. The van der Waals surface area contributed by atoms with Gasteiger partial charge in [-0.15, -0.1) is 0 Å². The first-order chi connectivity index (χ1) is 9.27. The van der Waals surface area contributed by atoms with E-state index in [0.717, 1.165) is 13.1 Å². The molecule has 1 heterocycles. The van der Waals surface area contributed by atoms with Gasteiger partial charge in [-0.2, -0.15) is 0 Å². The van der Waals surface area contributed by atoms with E-state index in [1.165, 1.54) is 37.1 Å². The fourth-order valence-electron chi connectivity index (χ4n) is 3.20. The van der Waals surface area contributed by atoms with Crippen molar-refractivity contribution in [3.8, 4) is 0 Å². The number of pyridine rings is 1. The van der Waals surface area contributed by atoms with E-state index in [-0.39, 0.29) is 0 Å². The smallest absolute Gasteiger partial charge is 0.133 e. The van der Waals surface area contributed by atoms with Crippen molar-refractivity contribution >= 4 is 5.82 Å². The molecule has 1 aromatic heterocycles. The van der Waals surface area contributed by atoms with Gasteiger partial charge >= 0.3 is 0 Å². The van der Waals surface area contributed by atoms with Crippen LogP contribution in [0.4, 0.5) is 5.82 Å². The molecule has 0 saturated heterocycles. The lowest BCUT2D eigenvalue weighted by atomic mass is 10.1. The third-order valence-corrected chi connectivity index (χ3v) is 4.17. The Hall–Kier alpha value is -1.09. The quantitative estimate of drug-likeness (QED) is 0.849. The van der Waals surface area contributed by atoms with Crippen LogP contribution in [-0.2, 0) is 0 Å². The molecule has 0 bridgehead atoms. The molecule has 2 rings (SSSR count). The molecule has 1 fully saturated rings. The van der Waals surface area contributed by atoms with E-state index >= 15 is 0 Å². The molecule has 106 valence electrons. The number of anilines is 1. The molecular weight excluding hydrogens is 234 g/mol. The van der Waals surface area contributed by atoms with Crippen molar-refractivity contribution in [3.05, 3.63) is 23.9 Å². The monoisotopic (exact) mass is 261 g/mol. The van der Waals surface area contributed by atoms with Crippen LogP contribution < -0.4 is 10.2 Å². The van der Waals surface area contributed by atoms with Gasteiger partial charge in [-0.3, -0.25) is 0 Å². The Morgan fingerprint density at radius 3 is 2.74 bits per heavy atom. The van der Waals surface area contributed by atoms with Gasteiger partial charge in [0.2, 0.25) is 0 Å². The van der Waals surface area contributed by atoms with Crippen molar-refractivity contribution < 1.29 is 0 Å². The summed E-state index contributed by atoms with van der Waals surface area (Å²) in [6, 6.07) is 5.32. The fourth-order valence-corrected chi connectivity index (χ4v) is 3.20. The fraction of sp³-hybridized carbons (Fsp3) is 0.688. The Balaban J connectivity index is 2.25. The third kappa shape index (κ3) is 3.27. The van der Waals surface area contributed by atoms with Gasteiger partial charge in [0.15, 0.2) is 0 Å². The lowest BCUT2D eigenvalue weighted by Gasteiger charge is -2.31. The highest BCUT2D eigenvalue weighted by Gasteiger charge is 2.25. The van der Waals surface area contributed by atoms with Crippen LogP contribution in [0.3, 0.4) is 0 Å². The first kappa shape index (κ1) is 14.3. The summed E-state index contributed by atoms with van der Waals surface area (Å²) in [4.78, 5) is 7.19. The molecule has 1 aromatic rings. The zero-order valence-electron chi connectivity index (χ0n) is 12.5. The largest absolute Gasteiger partial charge is 0.354 e. The minimum Gasteiger partial charge on any atom is -0.354 e. The predicted octanol–water partition coefficient (Wildman–Crippen LogP) is 3.52. The summed E-state index contributed by atoms with van der Waals surface area (Å²) in [7, 11) is 0. The minimum atomic E-state index is 0.365. The summed E-state index contributed by atoms with van der Waals surface area (Å²) in [5.74, 6) is 1.19. The SMILES string of the molecule is CCNC(C)c1cccnc1N(CC)C1CCCC1. The highest BCUT2D eigenvalue weighted by molar-refractivity contribution is 5.49. The van der Waals surface area contributed by atoms with Crippen LogP contribution in [0.2, 0.25) is 0 Å². The summed E-state index contributed by atoms with van der Waals surface area (Å²) >= 11 is 0. The highest BCUT2D eigenvalue weighted by atomic mass is 15.2. The zero-order valence-corrected chi connectivity index (χ0v) is 12.5. The minimum absolute atomic E-state index is 0.365. The van der Waals surface area contributed by atoms with Crippen LogP contribution in [0.5, 0.6) is 0 Å². The Morgan fingerprint density at radius 2 is 2.11 bits per heavy atom. The molecular formula is C16H27N3. The number of rotatable bonds is 6. The predicted molar refractivity (Wildman–Crippen MR) is 81.6 cm³/mol. The van der Waals surface area contributed by atoms with Crippen LogP contribution >= 0.6 is 0 Å². The molecule has 0 aliphatic heterocycles. The second-order valence-electron chi connectivity index (χ2n) is 5.42. The van der Waals surface area contributed by atoms with Crippen molar-refractivity contribution in [1.29, 1.82) is 0 Å². The number of aromatic nitrogens is 1. The van der Waals surface area contributed by atoms with E-state index in [1.807, 2.05) is 6.20 Å². The zero-order chi connectivity index (χ0) is 13.7. The number of hydrogen-bond donors (Lipinski definition) is 1. The van der Waals surface area contributed by atoms with Crippen LogP contribution in [0.25, 0.3) is 0 Å². The molecule has 1 saturated carbocycles. The van der Waals surface area contributed by atoms with E-state index in [0.29, 0.717) is 12.1 Å². The van der Waals surface area contributed by atoms with Crippen LogP contribution in [-0.4, -0.2) is 24.1 Å². The van der Waals surface area contributed by atoms with Gasteiger partial charge in [0, 0.05) is 30.4 Å². The Kier molecular flexibility index (Phi) is 5.20. The maximum atomic E-state index is 4.68. The number of hydrogen-bond acceptors (Lipinski definition) is 3. The van der Waals surface area contributed by atoms with Crippen LogP contribution in [0, 0.1) is 0 Å². The van der Waals surface area contributed by atoms with Gasteiger partial charge in [0.25, 0.3) is 0 Å². The molecule has 1 aliphatic carbocycles. The van der Waals surface area contributed by atoms with Crippen molar-refractivity contribution in [3.63, 3.8) is 0 Å². The van der Waals surface area contributed by atoms with Gasteiger partial charge in [-0.1, -0.05) is 25.8 Å². The highest BCUT2D eigenvalue weighted by Crippen LogP contribution is 2.31. The van der Waals surface area contributed by atoms with E-state index < -0.39 is 0 Å². The molecule has 19 heavy (non-hydrogen) atoms. The molecule has 0 spiro atoms. The van der Waals surface area contributed by atoms with Gasteiger partial charge in [0.1, 0.15) is 5.82 Å². The normalized spacial score (nSPS) is 17.6. The second-order valence-corrected chi connectivity index (χ2v) is 5.42. The Labute approximate surface area is 117 Å². The summed E-state index contributed by atoms with van der Waals surface area (Å²) in [5.41, 5.74) is 1.33. The standard InChI is InChI=1S/C16H27N3/c1-4-17-13(3)15-11-8-12-18-16(15)19(5-2)14-9-6-7-10-14/h8,11-14,17H,4-7,9-10H2,1-3H3. The summed E-state index contributed by atoms with van der Waals surface area (Å²) in [6.07, 6.45) is 7.30. The average Bonchev–Trinajstić information content (AvgIpc) is 2.94. The molecule has 3 nitrogen and oxygen atoms in total. The molecule has 3 heteroatoms. The summed E-state index contributed by atoms with van der Waals surface area (Å²) in [6.45, 7) is 8.67. The average molecular weight is 261 g/mol. The Morgan fingerprint density at radius 1 is 1.37 bits per heavy atom. The van der Waals surface area contributed by atoms with Crippen molar-refractivity contribution in [2.75, 3.05) is 18.0 Å². The van der Waals surface area contributed by atoms with Crippen molar-refractivity contribution in [2.45, 2.75) is 58.5 Å². The van der Waals surface area contributed by atoms with Gasteiger partial charge in [-0.25, -0.2) is 4.98 Å². The maximum absolute atomic E-state index is 4.68. The van der Waals surface area contributed by atoms with Gasteiger partial charge in [0.05, 0.1) is 0 Å². The number of nitrogens with zero attached hydrogens (tertiary/aromatic N) is 2. The molecule has 0 radical (unpaired) electrons. The molecule has 1 N–H and O–H groups in total. The number of nitrogens with one attached hydrogen (secondary N) is 1. The molecule has 1 unspecified atom stereocenters. The first-order valence-corrected chi connectivity index (χ1v) is 7.72. The molecule has 0 amide bonds. The maximum Gasteiger partial charge on any atom is 0.133 e. The lowest BCUT2D eigenvalue weighted by molar-refractivity contribution is 0.575. The lowest BCUT2D eigenvalue weighted by Crippen LogP contribution is -2.35. The first-order valence-electron chi connectivity index (χ1n) is 7.72. The molecule has 0 aromatic carbocycles. The summed E-state index contributed by atoms with van der Waals surface area (Å²) < 4.78 is 0. The van der Waals surface area contributed by atoms with Crippen LogP contribution in [0.15, 0.2) is 18.3 Å². The molecule has 1 atom stereocenters. The van der Waals surface area contributed by atoms with E-state index in [9.17, 15) is 0 Å². The van der Waals surface area contributed by atoms with Gasteiger partial charge in [-0.05, 0) is 39.3 Å². The van der Waals surface area contributed by atoms with E-state index in [2.05, 4.69) is 48.1 Å². The van der Waals surface area contributed by atoms with E-state index in [4.69, 9.17) is 0 Å². The topological polar surface area (TPSA) is 28.2 Å². The van der Waals surface area contributed by atoms with Crippen molar-refractivity contribution in [2.24, 2.45) is 0 Å². The van der Waals surface area contributed by atoms with E-state index in [1.54, 1.807) is 0 Å². The summed E-state index contributed by atoms with van der Waals surface area (Å²) in [5, 5.41) is 3.51. The second kappa shape index (κ2) is 6.90. The van der Waals surface area contributed by atoms with Gasteiger partial charge < -0.3 is 10.2 Å². The van der Waals surface area contributed by atoms with Crippen molar-refractivity contribution in [1.82, 2.24) is 10.3 Å².